The average Bonchev–Trinajstić information content (AvgIpc) is 2.84. The Balaban J connectivity index is 1.84. The number of halogens is 1. The van der Waals surface area contributed by atoms with Crippen molar-refractivity contribution in [1.29, 1.82) is 0 Å². The summed E-state index contributed by atoms with van der Waals surface area (Å²) in [5.74, 6) is -0.364. The van der Waals surface area contributed by atoms with Gasteiger partial charge < -0.3 is 10.0 Å². The van der Waals surface area contributed by atoms with E-state index in [4.69, 9.17) is 0 Å². The SMILES string of the molecule is CCC1CCCN1CCC(O)c1ccc(F)cn1. The third-order valence-corrected chi connectivity index (χ3v) is 3.75. The van der Waals surface area contributed by atoms with Crippen LogP contribution >= 0.6 is 0 Å². The zero-order valence-corrected chi connectivity index (χ0v) is 10.8. The summed E-state index contributed by atoms with van der Waals surface area (Å²) in [6, 6.07) is 3.57. The van der Waals surface area contributed by atoms with Gasteiger partial charge in [0.2, 0.25) is 0 Å². The van der Waals surface area contributed by atoms with Crippen molar-refractivity contribution >= 4 is 0 Å². The molecule has 0 amide bonds. The minimum atomic E-state index is -0.594. The highest BCUT2D eigenvalue weighted by atomic mass is 19.1. The van der Waals surface area contributed by atoms with Crippen molar-refractivity contribution < 1.29 is 9.50 Å². The number of nitrogens with zero attached hydrogens (tertiary/aromatic N) is 2. The molecule has 1 aromatic rings. The minimum Gasteiger partial charge on any atom is -0.387 e. The second-order valence-electron chi connectivity index (χ2n) is 4.95. The summed E-state index contributed by atoms with van der Waals surface area (Å²) in [6.45, 7) is 4.22. The Labute approximate surface area is 108 Å². The first-order valence-electron chi connectivity index (χ1n) is 6.74. The highest BCUT2D eigenvalue weighted by Crippen LogP contribution is 2.22. The highest BCUT2D eigenvalue weighted by Gasteiger charge is 2.23. The standard InChI is InChI=1S/C14H21FN2O/c1-2-12-4-3-8-17(12)9-7-14(18)13-6-5-11(15)10-16-13/h5-6,10,12,14,18H,2-4,7-9H2,1H3. The number of rotatable bonds is 5. The maximum Gasteiger partial charge on any atom is 0.141 e. The van der Waals surface area contributed by atoms with Gasteiger partial charge >= 0.3 is 0 Å². The molecular weight excluding hydrogens is 231 g/mol. The largest absolute Gasteiger partial charge is 0.387 e. The van der Waals surface area contributed by atoms with Crippen LogP contribution in [0.25, 0.3) is 0 Å². The molecule has 18 heavy (non-hydrogen) atoms. The van der Waals surface area contributed by atoms with Gasteiger partial charge in [0.05, 0.1) is 18.0 Å². The molecule has 1 aliphatic rings. The van der Waals surface area contributed by atoms with Crippen molar-refractivity contribution in [3.05, 3.63) is 29.8 Å². The lowest BCUT2D eigenvalue weighted by Crippen LogP contribution is -2.30. The van der Waals surface area contributed by atoms with E-state index >= 15 is 0 Å². The van der Waals surface area contributed by atoms with Crippen LogP contribution in [0.5, 0.6) is 0 Å². The lowest BCUT2D eigenvalue weighted by atomic mass is 10.1. The highest BCUT2D eigenvalue weighted by molar-refractivity contribution is 5.08. The number of aromatic nitrogens is 1. The minimum absolute atomic E-state index is 0.364. The summed E-state index contributed by atoms with van der Waals surface area (Å²) in [4.78, 5) is 6.36. The van der Waals surface area contributed by atoms with Gasteiger partial charge in [-0.1, -0.05) is 6.92 Å². The fourth-order valence-electron chi connectivity index (χ4n) is 2.67. The summed E-state index contributed by atoms with van der Waals surface area (Å²) in [5, 5.41) is 10.0. The monoisotopic (exact) mass is 252 g/mol. The Hall–Kier alpha value is -1.00. The molecule has 1 aromatic heterocycles. The van der Waals surface area contributed by atoms with Crippen LogP contribution in [-0.4, -0.2) is 34.1 Å². The topological polar surface area (TPSA) is 36.4 Å². The zero-order valence-electron chi connectivity index (χ0n) is 10.8. The second-order valence-corrected chi connectivity index (χ2v) is 4.95. The Kier molecular flexibility index (Phi) is 4.66. The van der Waals surface area contributed by atoms with E-state index in [9.17, 15) is 9.50 Å². The van der Waals surface area contributed by atoms with Crippen LogP contribution in [0.1, 0.15) is 44.4 Å². The van der Waals surface area contributed by atoms with Crippen molar-refractivity contribution in [3.63, 3.8) is 0 Å². The molecule has 0 spiro atoms. The molecule has 0 saturated carbocycles. The molecule has 100 valence electrons. The van der Waals surface area contributed by atoms with Crippen LogP contribution in [0.4, 0.5) is 4.39 Å². The quantitative estimate of drug-likeness (QED) is 0.874. The second kappa shape index (κ2) is 6.25. The summed E-state index contributed by atoms with van der Waals surface area (Å²) >= 11 is 0. The van der Waals surface area contributed by atoms with Gasteiger partial charge in [-0.2, -0.15) is 0 Å². The number of hydrogen-bond acceptors (Lipinski definition) is 3. The van der Waals surface area contributed by atoms with Crippen molar-refractivity contribution in [2.45, 2.75) is 44.8 Å². The number of pyridine rings is 1. The lowest BCUT2D eigenvalue weighted by Gasteiger charge is -2.24. The Morgan fingerprint density at radius 1 is 1.56 bits per heavy atom. The maximum absolute atomic E-state index is 12.7. The van der Waals surface area contributed by atoms with Crippen LogP contribution in [0, 0.1) is 5.82 Å². The van der Waals surface area contributed by atoms with Crippen molar-refractivity contribution in [3.8, 4) is 0 Å². The Morgan fingerprint density at radius 3 is 3.06 bits per heavy atom. The van der Waals surface area contributed by atoms with Gasteiger partial charge in [0.25, 0.3) is 0 Å². The van der Waals surface area contributed by atoms with E-state index in [-0.39, 0.29) is 5.82 Å². The molecule has 2 heterocycles. The van der Waals surface area contributed by atoms with Crippen molar-refractivity contribution in [2.24, 2.45) is 0 Å². The van der Waals surface area contributed by atoms with E-state index in [0.29, 0.717) is 18.2 Å². The lowest BCUT2D eigenvalue weighted by molar-refractivity contribution is 0.133. The van der Waals surface area contributed by atoms with Crippen LogP contribution in [-0.2, 0) is 0 Å². The van der Waals surface area contributed by atoms with E-state index in [0.717, 1.165) is 19.3 Å². The van der Waals surface area contributed by atoms with Crippen LogP contribution < -0.4 is 0 Å². The summed E-state index contributed by atoms with van der Waals surface area (Å²) in [7, 11) is 0. The summed E-state index contributed by atoms with van der Waals surface area (Å²) in [6.07, 6.45) is 4.91. The molecule has 2 unspecified atom stereocenters. The zero-order chi connectivity index (χ0) is 13.0. The molecule has 4 heteroatoms. The molecule has 2 atom stereocenters. The van der Waals surface area contributed by atoms with E-state index in [1.165, 1.54) is 25.3 Å². The van der Waals surface area contributed by atoms with Gasteiger partial charge in [0.15, 0.2) is 0 Å². The number of likely N-dealkylation sites (tertiary alicyclic amines) is 1. The van der Waals surface area contributed by atoms with Crippen molar-refractivity contribution in [1.82, 2.24) is 9.88 Å². The Bertz CT molecular complexity index is 369. The Morgan fingerprint density at radius 2 is 2.39 bits per heavy atom. The van der Waals surface area contributed by atoms with Gasteiger partial charge in [-0.25, -0.2) is 4.39 Å². The molecule has 1 saturated heterocycles. The smallest absolute Gasteiger partial charge is 0.141 e. The number of aliphatic hydroxyl groups excluding tert-OH is 1. The first-order chi connectivity index (χ1) is 8.70. The summed E-state index contributed by atoms with van der Waals surface area (Å²) in [5.41, 5.74) is 0.559. The molecule has 1 aliphatic heterocycles. The van der Waals surface area contributed by atoms with Gasteiger partial charge in [-0.05, 0) is 44.4 Å². The van der Waals surface area contributed by atoms with E-state index < -0.39 is 6.10 Å². The van der Waals surface area contributed by atoms with Gasteiger partial charge in [-0.15, -0.1) is 0 Å². The third kappa shape index (κ3) is 3.27. The molecule has 0 aliphatic carbocycles. The van der Waals surface area contributed by atoms with Crippen LogP contribution in [0.3, 0.4) is 0 Å². The van der Waals surface area contributed by atoms with Crippen molar-refractivity contribution in [2.75, 3.05) is 13.1 Å². The van der Waals surface area contributed by atoms with E-state index in [1.807, 2.05) is 0 Å². The molecule has 0 radical (unpaired) electrons. The maximum atomic E-state index is 12.7. The first kappa shape index (κ1) is 13.4. The molecule has 3 nitrogen and oxygen atoms in total. The first-order valence-corrected chi connectivity index (χ1v) is 6.74. The van der Waals surface area contributed by atoms with Crippen LogP contribution in [0.2, 0.25) is 0 Å². The molecule has 2 rings (SSSR count). The van der Waals surface area contributed by atoms with E-state index in [1.54, 1.807) is 6.07 Å². The molecular formula is C14H21FN2O. The summed E-state index contributed by atoms with van der Waals surface area (Å²) < 4.78 is 12.7. The molecule has 1 N–H and O–H groups in total. The average molecular weight is 252 g/mol. The van der Waals surface area contributed by atoms with E-state index in [2.05, 4.69) is 16.8 Å². The number of aliphatic hydroxyl groups is 1. The van der Waals surface area contributed by atoms with Crippen LogP contribution in [0.15, 0.2) is 18.3 Å². The van der Waals surface area contributed by atoms with Gasteiger partial charge in [-0.3, -0.25) is 4.98 Å². The van der Waals surface area contributed by atoms with Gasteiger partial charge in [0.1, 0.15) is 5.82 Å². The molecule has 0 bridgehead atoms. The number of hydrogen-bond donors (Lipinski definition) is 1. The predicted molar refractivity (Wildman–Crippen MR) is 68.7 cm³/mol. The molecule has 0 aromatic carbocycles. The normalized spacial score (nSPS) is 22.3. The fourth-order valence-corrected chi connectivity index (χ4v) is 2.67. The fraction of sp³-hybridized carbons (Fsp3) is 0.643. The molecule has 1 fully saturated rings. The van der Waals surface area contributed by atoms with Gasteiger partial charge in [0, 0.05) is 12.6 Å². The predicted octanol–water partition coefficient (Wildman–Crippen LogP) is 2.52. The third-order valence-electron chi connectivity index (χ3n) is 3.75.